The van der Waals surface area contributed by atoms with E-state index in [4.69, 9.17) is 0 Å². The number of H-pyrrole nitrogens is 1. The van der Waals surface area contributed by atoms with Crippen LogP contribution >= 0.6 is 0 Å². The van der Waals surface area contributed by atoms with Gasteiger partial charge in [0.25, 0.3) is 0 Å². The number of benzene rings is 1. The molecule has 1 aromatic carbocycles. The summed E-state index contributed by atoms with van der Waals surface area (Å²) in [6, 6.07) is 6.06. The van der Waals surface area contributed by atoms with Crippen LogP contribution in [0.25, 0.3) is 17.0 Å². The smallest absolute Gasteiger partial charge is 0.216 e. The monoisotopic (exact) mass is 229 g/mol. The number of para-hydroxylation sites is 1. The average Bonchev–Trinajstić information content (AvgIpc) is 2.77. The molecule has 2 aromatic rings. The standard InChI is InChI=1S/C13H15N3O/c1-10(17)14-8-3-2-5-11-6-4-7-12-9-15-16-13(11)12/h2,4-7,9H,3,8H2,1H3,(H,14,17)(H,15,16). The first-order chi connectivity index (χ1) is 8.27. The van der Waals surface area contributed by atoms with Crippen molar-refractivity contribution in [2.45, 2.75) is 13.3 Å². The van der Waals surface area contributed by atoms with Crippen LogP contribution in [-0.4, -0.2) is 22.6 Å². The SMILES string of the molecule is CC(=O)NCCC=Cc1cccc2cn[nH]c12. The summed E-state index contributed by atoms with van der Waals surface area (Å²) >= 11 is 0. The first-order valence-electron chi connectivity index (χ1n) is 5.60. The van der Waals surface area contributed by atoms with Crippen molar-refractivity contribution >= 4 is 22.9 Å². The number of hydrogen-bond donors (Lipinski definition) is 2. The maximum Gasteiger partial charge on any atom is 0.216 e. The highest BCUT2D eigenvalue weighted by Crippen LogP contribution is 2.16. The maximum absolute atomic E-state index is 10.7. The third-order valence-corrected chi connectivity index (χ3v) is 2.49. The number of rotatable bonds is 4. The van der Waals surface area contributed by atoms with Crippen LogP contribution in [0, 0.1) is 0 Å². The molecule has 0 saturated carbocycles. The number of fused-ring (bicyclic) bond motifs is 1. The summed E-state index contributed by atoms with van der Waals surface area (Å²) in [4.78, 5) is 10.7. The molecule has 2 rings (SSSR count). The van der Waals surface area contributed by atoms with Crippen molar-refractivity contribution < 1.29 is 4.79 Å². The van der Waals surface area contributed by atoms with Gasteiger partial charge in [0.2, 0.25) is 5.91 Å². The molecule has 88 valence electrons. The van der Waals surface area contributed by atoms with Gasteiger partial charge in [-0.15, -0.1) is 0 Å². The predicted molar refractivity (Wildman–Crippen MR) is 68.4 cm³/mol. The third kappa shape index (κ3) is 2.93. The molecule has 0 fully saturated rings. The summed E-state index contributed by atoms with van der Waals surface area (Å²) in [5.74, 6) is 0.00840. The molecule has 0 aliphatic heterocycles. The predicted octanol–water partition coefficient (Wildman–Crippen LogP) is 2.10. The summed E-state index contributed by atoms with van der Waals surface area (Å²) < 4.78 is 0. The van der Waals surface area contributed by atoms with Gasteiger partial charge >= 0.3 is 0 Å². The number of nitrogens with zero attached hydrogens (tertiary/aromatic N) is 1. The highest BCUT2D eigenvalue weighted by Gasteiger charge is 1.98. The van der Waals surface area contributed by atoms with Crippen molar-refractivity contribution in [3.63, 3.8) is 0 Å². The molecule has 2 N–H and O–H groups in total. The van der Waals surface area contributed by atoms with Gasteiger partial charge in [-0.2, -0.15) is 5.10 Å². The Morgan fingerprint density at radius 3 is 3.24 bits per heavy atom. The van der Waals surface area contributed by atoms with E-state index in [1.165, 1.54) is 6.92 Å². The van der Waals surface area contributed by atoms with E-state index in [-0.39, 0.29) is 5.91 Å². The first-order valence-corrected chi connectivity index (χ1v) is 5.60. The largest absolute Gasteiger partial charge is 0.356 e. The van der Waals surface area contributed by atoms with Gasteiger partial charge in [-0.25, -0.2) is 0 Å². The second kappa shape index (κ2) is 5.30. The van der Waals surface area contributed by atoms with E-state index in [1.54, 1.807) is 0 Å². The van der Waals surface area contributed by atoms with E-state index in [9.17, 15) is 4.79 Å². The van der Waals surface area contributed by atoms with Crippen LogP contribution < -0.4 is 5.32 Å². The fourth-order valence-electron chi connectivity index (χ4n) is 1.67. The summed E-state index contributed by atoms with van der Waals surface area (Å²) in [6.07, 6.45) is 6.72. The van der Waals surface area contributed by atoms with Crippen molar-refractivity contribution in [1.29, 1.82) is 0 Å². The van der Waals surface area contributed by atoms with E-state index in [1.807, 2.05) is 36.5 Å². The van der Waals surface area contributed by atoms with E-state index >= 15 is 0 Å². The van der Waals surface area contributed by atoms with Crippen LogP contribution in [0.2, 0.25) is 0 Å². The topological polar surface area (TPSA) is 57.8 Å². The van der Waals surface area contributed by atoms with Crippen molar-refractivity contribution in [3.05, 3.63) is 36.0 Å². The lowest BCUT2D eigenvalue weighted by molar-refractivity contribution is -0.118. The number of aromatic nitrogens is 2. The molecule has 0 unspecified atom stereocenters. The number of hydrogen-bond acceptors (Lipinski definition) is 2. The molecule has 17 heavy (non-hydrogen) atoms. The minimum absolute atomic E-state index is 0.00840. The number of carbonyl (C=O) groups is 1. The zero-order chi connectivity index (χ0) is 12.1. The minimum Gasteiger partial charge on any atom is -0.356 e. The Balaban J connectivity index is 2.00. The van der Waals surface area contributed by atoms with Crippen LogP contribution in [0.4, 0.5) is 0 Å². The zero-order valence-corrected chi connectivity index (χ0v) is 9.73. The van der Waals surface area contributed by atoms with Gasteiger partial charge in [0, 0.05) is 18.9 Å². The van der Waals surface area contributed by atoms with Gasteiger partial charge in [-0.05, 0) is 12.0 Å². The van der Waals surface area contributed by atoms with Crippen molar-refractivity contribution in [3.8, 4) is 0 Å². The lowest BCUT2D eigenvalue weighted by atomic mass is 10.1. The molecule has 0 aliphatic rings. The normalized spacial score (nSPS) is 11.1. The molecule has 0 atom stereocenters. The van der Waals surface area contributed by atoms with Crippen LogP contribution in [0.3, 0.4) is 0 Å². The molecule has 0 bridgehead atoms. The van der Waals surface area contributed by atoms with E-state index in [0.29, 0.717) is 6.54 Å². The third-order valence-electron chi connectivity index (χ3n) is 2.49. The van der Waals surface area contributed by atoms with Crippen LogP contribution in [0.15, 0.2) is 30.5 Å². The molecule has 0 saturated heterocycles. The van der Waals surface area contributed by atoms with Gasteiger partial charge in [0.1, 0.15) is 0 Å². The van der Waals surface area contributed by atoms with Gasteiger partial charge in [0.05, 0.1) is 11.7 Å². The molecule has 4 heteroatoms. The molecule has 4 nitrogen and oxygen atoms in total. The maximum atomic E-state index is 10.7. The molecule has 0 radical (unpaired) electrons. The highest BCUT2D eigenvalue weighted by molar-refractivity contribution is 5.86. The molecule has 0 aliphatic carbocycles. The number of aromatic amines is 1. The van der Waals surface area contributed by atoms with Gasteiger partial charge in [-0.3, -0.25) is 9.89 Å². The van der Waals surface area contributed by atoms with Crippen molar-refractivity contribution in [1.82, 2.24) is 15.5 Å². The molecular weight excluding hydrogens is 214 g/mol. The molecule has 0 spiro atoms. The van der Waals surface area contributed by atoms with Gasteiger partial charge in [0.15, 0.2) is 0 Å². The summed E-state index contributed by atoms with van der Waals surface area (Å²) in [5, 5.41) is 10.8. The quantitative estimate of drug-likeness (QED) is 0.789. The number of nitrogens with one attached hydrogen (secondary N) is 2. The summed E-state index contributed by atoms with van der Waals surface area (Å²) in [6.45, 7) is 2.19. The highest BCUT2D eigenvalue weighted by atomic mass is 16.1. The number of carbonyl (C=O) groups excluding carboxylic acids is 1. The summed E-state index contributed by atoms with van der Waals surface area (Å²) in [7, 11) is 0. The molecule has 1 aromatic heterocycles. The van der Waals surface area contributed by atoms with Gasteiger partial charge in [-0.1, -0.05) is 30.4 Å². The van der Waals surface area contributed by atoms with Crippen LogP contribution in [0.1, 0.15) is 18.9 Å². The van der Waals surface area contributed by atoms with Crippen molar-refractivity contribution in [2.75, 3.05) is 6.54 Å². The van der Waals surface area contributed by atoms with Crippen LogP contribution in [-0.2, 0) is 4.79 Å². The average molecular weight is 229 g/mol. The molecule has 1 heterocycles. The Labute approximate surface area is 99.7 Å². The Morgan fingerprint density at radius 1 is 1.53 bits per heavy atom. The Morgan fingerprint density at radius 2 is 2.41 bits per heavy atom. The second-order valence-corrected chi connectivity index (χ2v) is 3.86. The fraction of sp³-hybridized carbons (Fsp3) is 0.231. The van der Waals surface area contributed by atoms with E-state index < -0.39 is 0 Å². The van der Waals surface area contributed by atoms with Gasteiger partial charge < -0.3 is 5.32 Å². The van der Waals surface area contributed by atoms with E-state index in [2.05, 4.69) is 15.5 Å². The lowest BCUT2D eigenvalue weighted by Gasteiger charge is -1.98. The second-order valence-electron chi connectivity index (χ2n) is 3.86. The summed E-state index contributed by atoms with van der Waals surface area (Å²) in [5.41, 5.74) is 2.16. The number of amides is 1. The molecule has 1 amide bonds. The Hall–Kier alpha value is -2.10. The zero-order valence-electron chi connectivity index (χ0n) is 9.73. The first kappa shape index (κ1) is 11.4. The van der Waals surface area contributed by atoms with Crippen molar-refractivity contribution in [2.24, 2.45) is 0 Å². The Bertz CT molecular complexity index is 542. The van der Waals surface area contributed by atoms with E-state index in [0.717, 1.165) is 22.9 Å². The minimum atomic E-state index is 0.00840. The Kier molecular flexibility index (Phi) is 3.55. The lowest BCUT2D eigenvalue weighted by Crippen LogP contribution is -2.20. The van der Waals surface area contributed by atoms with Crippen LogP contribution in [0.5, 0.6) is 0 Å². The molecular formula is C13H15N3O. The fourth-order valence-corrected chi connectivity index (χ4v) is 1.67.